The van der Waals surface area contributed by atoms with E-state index in [-0.39, 0.29) is 4.75 Å². The number of hydrogen-bond donors (Lipinski definition) is 1. The number of halogens is 1. The maximum absolute atomic E-state index is 6.06. The number of nitrogens with two attached hydrogens (primary N) is 1. The van der Waals surface area contributed by atoms with Gasteiger partial charge in [0.25, 0.3) is 0 Å². The van der Waals surface area contributed by atoms with Crippen molar-refractivity contribution < 1.29 is 4.74 Å². The molecule has 19 heavy (non-hydrogen) atoms. The Morgan fingerprint density at radius 2 is 1.79 bits per heavy atom. The lowest BCUT2D eigenvalue weighted by Crippen LogP contribution is -2.55. The molecule has 2 nitrogen and oxygen atoms in total. The topological polar surface area (TPSA) is 35.2 Å². The Morgan fingerprint density at radius 1 is 1.16 bits per heavy atom. The minimum absolute atomic E-state index is 0.227. The van der Waals surface area contributed by atoms with Crippen molar-refractivity contribution in [3.8, 4) is 0 Å². The van der Waals surface area contributed by atoms with Gasteiger partial charge in [0.05, 0.1) is 0 Å². The molecule has 0 radical (unpaired) electrons. The maximum atomic E-state index is 6.06. The molecule has 1 saturated heterocycles. The van der Waals surface area contributed by atoms with E-state index in [1.54, 1.807) is 0 Å². The molecular formula is C15H20ClNOS. The van der Waals surface area contributed by atoms with Gasteiger partial charge in [0.1, 0.15) is 0 Å². The number of hydrogen-bond acceptors (Lipinski definition) is 3. The van der Waals surface area contributed by atoms with Crippen LogP contribution in [0.25, 0.3) is 0 Å². The number of thioether (sulfide) groups is 1. The van der Waals surface area contributed by atoms with Crippen LogP contribution in [0.2, 0.25) is 5.02 Å². The van der Waals surface area contributed by atoms with Gasteiger partial charge >= 0.3 is 0 Å². The van der Waals surface area contributed by atoms with E-state index in [9.17, 15) is 0 Å². The molecule has 1 aliphatic carbocycles. The Balaban J connectivity index is 1.67. The van der Waals surface area contributed by atoms with Crippen LogP contribution in [0.5, 0.6) is 0 Å². The van der Waals surface area contributed by atoms with Crippen molar-refractivity contribution in [2.24, 2.45) is 11.1 Å². The number of rotatable bonds is 3. The van der Waals surface area contributed by atoms with E-state index in [1.807, 2.05) is 23.9 Å². The third-order valence-electron chi connectivity index (χ3n) is 4.47. The molecule has 3 rings (SSSR count). The zero-order valence-electron chi connectivity index (χ0n) is 11.0. The van der Waals surface area contributed by atoms with E-state index in [0.29, 0.717) is 5.41 Å². The zero-order valence-corrected chi connectivity index (χ0v) is 12.6. The highest BCUT2D eigenvalue weighted by molar-refractivity contribution is 8.00. The van der Waals surface area contributed by atoms with Gasteiger partial charge in [0, 0.05) is 34.4 Å². The third kappa shape index (κ3) is 2.80. The first-order valence-corrected chi connectivity index (χ1v) is 8.07. The van der Waals surface area contributed by atoms with E-state index in [1.165, 1.54) is 30.6 Å². The van der Waals surface area contributed by atoms with Crippen molar-refractivity contribution in [2.75, 3.05) is 19.8 Å². The van der Waals surface area contributed by atoms with Crippen LogP contribution in [0.4, 0.5) is 0 Å². The first-order chi connectivity index (χ1) is 9.15. The molecule has 0 aromatic heterocycles. The summed E-state index contributed by atoms with van der Waals surface area (Å²) in [5, 5.41) is 0.792. The normalized spacial score (nSPS) is 24.1. The van der Waals surface area contributed by atoms with Gasteiger partial charge in [-0.25, -0.2) is 0 Å². The molecule has 1 saturated carbocycles. The van der Waals surface area contributed by atoms with Gasteiger partial charge in [0.15, 0.2) is 0 Å². The van der Waals surface area contributed by atoms with Gasteiger partial charge in [-0.05, 0) is 55.4 Å². The first kappa shape index (κ1) is 13.7. The molecule has 2 aliphatic rings. The molecule has 1 aromatic rings. The van der Waals surface area contributed by atoms with Crippen LogP contribution in [0, 0.1) is 5.41 Å². The van der Waals surface area contributed by atoms with Crippen LogP contribution >= 0.6 is 23.4 Å². The smallest absolute Gasteiger partial charge is 0.0471 e. The second-order valence-electron chi connectivity index (χ2n) is 5.91. The van der Waals surface area contributed by atoms with E-state index in [2.05, 4.69) is 12.1 Å². The van der Waals surface area contributed by atoms with Crippen LogP contribution in [-0.4, -0.2) is 24.5 Å². The average molecular weight is 298 g/mol. The fraction of sp³-hybridized carbons (Fsp3) is 0.600. The molecule has 0 amide bonds. The molecule has 104 valence electrons. The Labute approximate surface area is 124 Å². The highest BCUT2D eigenvalue weighted by Crippen LogP contribution is 2.61. The molecule has 0 unspecified atom stereocenters. The van der Waals surface area contributed by atoms with E-state index >= 15 is 0 Å². The molecule has 1 aromatic carbocycles. The molecule has 1 heterocycles. The van der Waals surface area contributed by atoms with Gasteiger partial charge in [0.2, 0.25) is 0 Å². The van der Waals surface area contributed by atoms with Crippen molar-refractivity contribution in [1.82, 2.24) is 0 Å². The summed E-state index contributed by atoms with van der Waals surface area (Å²) in [5.74, 6) is 0. The first-order valence-electron chi connectivity index (χ1n) is 6.88. The molecule has 2 N–H and O–H groups in total. The van der Waals surface area contributed by atoms with E-state index < -0.39 is 0 Å². The molecule has 0 atom stereocenters. The van der Waals surface area contributed by atoms with Gasteiger partial charge in [-0.15, -0.1) is 11.8 Å². The fourth-order valence-corrected chi connectivity index (χ4v) is 5.22. The largest absolute Gasteiger partial charge is 0.381 e. The van der Waals surface area contributed by atoms with Crippen LogP contribution in [0.1, 0.15) is 25.7 Å². The average Bonchev–Trinajstić information content (AvgIpc) is 2.40. The number of ether oxygens (including phenoxy) is 1. The highest BCUT2D eigenvalue weighted by atomic mass is 35.5. The molecule has 4 heteroatoms. The second kappa shape index (κ2) is 5.28. The van der Waals surface area contributed by atoms with Gasteiger partial charge in [-0.3, -0.25) is 0 Å². The molecule has 1 aliphatic heterocycles. The summed E-state index contributed by atoms with van der Waals surface area (Å²) in [5.41, 5.74) is 6.57. The minimum atomic E-state index is 0.227. The maximum Gasteiger partial charge on any atom is 0.0471 e. The molecule has 0 bridgehead atoms. The molecular weight excluding hydrogens is 278 g/mol. The Hall–Kier alpha value is -0.220. The molecule has 2 fully saturated rings. The summed E-state index contributed by atoms with van der Waals surface area (Å²) >= 11 is 7.86. The zero-order chi connectivity index (χ0) is 13.3. The standard InChI is InChI=1S/C15H20ClNOS/c16-12-1-3-13(4-2-12)19-15(11-17)9-14(10-15)5-7-18-8-6-14/h1-4H,5-11,17H2. The summed E-state index contributed by atoms with van der Waals surface area (Å²) in [4.78, 5) is 1.27. The summed E-state index contributed by atoms with van der Waals surface area (Å²) < 4.78 is 5.71. The highest BCUT2D eigenvalue weighted by Gasteiger charge is 2.54. The second-order valence-corrected chi connectivity index (χ2v) is 7.89. The van der Waals surface area contributed by atoms with E-state index in [0.717, 1.165) is 24.8 Å². The Bertz CT molecular complexity index is 434. The lowest BCUT2D eigenvalue weighted by Gasteiger charge is -2.57. The van der Waals surface area contributed by atoms with Crippen LogP contribution in [0.15, 0.2) is 29.2 Å². The van der Waals surface area contributed by atoms with Gasteiger partial charge < -0.3 is 10.5 Å². The predicted molar refractivity (Wildman–Crippen MR) is 80.8 cm³/mol. The lowest BCUT2D eigenvalue weighted by molar-refractivity contribution is -0.0451. The monoisotopic (exact) mass is 297 g/mol. The van der Waals surface area contributed by atoms with Crippen molar-refractivity contribution in [3.63, 3.8) is 0 Å². The van der Waals surface area contributed by atoms with Crippen molar-refractivity contribution in [1.29, 1.82) is 0 Å². The van der Waals surface area contributed by atoms with E-state index in [4.69, 9.17) is 22.1 Å². The van der Waals surface area contributed by atoms with Crippen molar-refractivity contribution >= 4 is 23.4 Å². The van der Waals surface area contributed by atoms with Crippen molar-refractivity contribution in [3.05, 3.63) is 29.3 Å². The molecule has 1 spiro atoms. The summed E-state index contributed by atoms with van der Waals surface area (Å²) in [7, 11) is 0. The summed E-state index contributed by atoms with van der Waals surface area (Å²) in [6, 6.07) is 8.10. The van der Waals surface area contributed by atoms with Crippen LogP contribution < -0.4 is 5.73 Å². The van der Waals surface area contributed by atoms with Crippen molar-refractivity contribution in [2.45, 2.75) is 35.3 Å². The lowest BCUT2D eigenvalue weighted by atomic mass is 9.57. The Morgan fingerprint density at radius 3 is 2.37 bits per heavy atom. The SMILES string of the molecule is NCC1(Sc2ccc(Cl)cc2)CC2(CCOCC2)C1. The van der Waals surface area contributed by atoms with Crippen LogP contribution in [0.3, 0.4) is 0 Å². The van der Waals surface area contributed by atoms with Gasteiger partial charge in [-0.2, -0.15) is 0 Å². The minimum Gasteiger partial charge on any atom is -0.381 e. The third-order valence-corrected chi connectivity index (χ3v) is 6.12. The quantitative estimate of drug-likeness (QED) is 0.923. The Kier molecular flexibility index (Phi) is 3.82. The fourth-order valence-electron chi connectivity index (χ4n) is 3.48. The van der Waals surface area contributed by atoms with Gasteiger partial charge in [-0.1, -0.05) is 11.6 Å². The van der Waals surface area contributed by atoms with Crippen LogP contribution in [-0.2, 0) is 4.74 Å². The predicted octanol–water partition coefficient (Wildman–Crippen LogP) is 3.72. The summed E-state index contributed by atoms with van der Waals surface area (Å²) in [6.07, 6.45) is 4.87. The summed E-state index contributed by atoms with van der Waals surface area (Å²) in [6.45, 7) is 2.60. The number of benzene rings is 1.